The van der Waals surface area contributed by atoms with Crippen LogP contribution in [-0.2, 0) is 4.79 Å². The van der Waals surface area contributed by atoms with Gasteiger partial charge in [-0.25, -0.2) is 0 Å². The van der Waals surface area contributed by atoms with E-state index in [-0.39, 0.29) is 5.57 Å². The van der Waals surface area contributed by atoms with E-state index in [1.807, 2.05) is 91.9 Å². The van der Waals surface area contributed by atoms with Gasteiger partial charge in [0.1, 0.15) is 11.6 Å². The number of carbonyl (C=O) groups excluding carboxylic acids is 1. The van der Waals surface area contributed by atoms with Gasteiger partial charge >= 0.3 is 0 Å². The van der Waals surface area contributed by atoms with Crippen LogP contribution in [0.2, 0.25) is 0 Å². The minimum absolute atomic E-state index is 0.0861. The van der Waals surface area contributed by atoms with Gasteiger partial charge < -0.3 is 5.32 Å². The highest BCUT2D eigenvalue weighted by atomic mass is 16.1. The number of nitrogens with zero attached hydrogens (tertiary/aromatic N) is 1. The van der Waals surface area contributed by atoms with E-state index in [9.17, 15) is 10.1 Å². The Hall–Kier alpha value is -3.64. The van der Waals surface area contributed by atoms with E-state index >= 15 is 0 Å². The number of nitrogens with one attached hydrogen (secondary N) is 1. The molecule has 0 bridgehead atoms. The molecule has 3 aromatic rings. The van der Waals surface area contributed by atoms with Crippen LogP contribution in [0, 0.1) is 18.3 Å². The highest BCUT2D eigenvalue weighted by molar-refractivity contribution is 6.13. The molecule has 0 aliphatic heterocycles. The van der Waals surface area contributed by atoms with Crippen molar-refractivity contribution in [3.8, 4) is 6.07 Å². The summed E-state index contributed by atoms with van der Waals surface area (Å²) in [5, 5.41) is 12.6. The highest BCUT2D eigenvalue weighted by Crippen LogP contribution is 2.27. The standard InChI is InChI=1S/C23H18N2O/c1-17-12-14-20(15-13-17)25-23(26)21(16-24)22(18-8-4-2-5-9-18)19-10-6-3-7-11-19/h2-15H,1H3,(H,25,26). The molecule has 3 heteroatoms. The first kappa shape index (κ1) is 17.2. The number of carbonyl (C=O) groups is 1. The van der Waals surface area contributed by atoms with Crippen LogP contribution in [0.15, 0.2) is 90.5 Å². The number of hydrogen-bond acceptors (Lipinski definition) is 2. The fraction of sp³-hybridized carbons (Fsp3) is 0.0435. The van der Waals surface area contributed by atoms with Crippen molar-refractivity contribution in [2.45, 2.75) is 6.92 Å². The third kappa shape index (κ3) is 3.88. The van der Waals surface area contributed by atoms with Crippen LogP contribution >= 0.6 is 0 Å². The normalized spacial score (nSPS) is 9.85. The fourth-order valence-electron chi connectivity index (χ4n) is 2.72. The Morgan fingerprint density at radius 1 is 0.808 bits per heavy atom. The molecule has 0 saturated carbocycles. The Bertz CT molecular complexity index is 925. The number of amides is 1. The van der Waals surface area contributed by atoms with Crippen molar-refractivity contribution in [1.29, 1.82) is 5.26 Å². The van der Waals surface area contributed by atoms with Crippen LogP contribution in [0.4, 0.5) is 5.69 Å². The van der Waals surface area contributed by atoms with Gasteiger partial charge in [0.25, 0.3) is 5.91 Å². The number of rotatable bonds is 4. The van der Waals surface area contributed by atoms with Crippen LogP contribution in [0.5, 0.6) is 0 Å². The van der Waals surface area contributed by atoms with Gasteiger partial charge in [0.05, 0.1) is 0 Å². The zero-order valence-electron chi connectivity index (χ0n) is 14.4. The van der Waals surface area contributed by atoms with E-state index in [1.54, 1.807) is 0 Å². The van der Waals surface area contributed by atoms with Crippen molar-refractivity contribution < 1.29 is 4.79 Å². The number of nitriles is 1. The molecule has 0 saturated heterocycles. The van der Waals surface area contributed by atoms with Crippen molar-refractivity contribution in [3.05, 3.63) is 107 Å². The summed E-state index contributed by atoms with van der Waals surface area (Å²) in [4.78, 5) is 12.8. The summed E-state index contributed by atoms with van der Waals surface area (Å²) in [6.45, 7) is 1.98. The lowest BCUT2D eigenvalue weighted by Crippen LogP contribution is -2.15. The Kier molecular flexibility index (Phi) is 5.26. The lowest BCUT2D eigenvalue weighted by atomic mass is 9.93. The maximum atomic E-state index is 12.8. The average Bonchev–Trinajstić information content (AvgIpc) is 2.69. The minimum Gasteiger partial charge on any atom is -0.321 e. The first-order chi connectivity index (χ1) is 12.7. The average molecular weight is 338 g/mol. The minimum atomic E-state index is -0.418. The van der Waals surface area contributed by atoms with Crippen molar-refractivity contribution in [2.75, 3.05) is 5.32 Å². The van der Waals surface area contributed by atoms with Gasteiger partial charge in [-0.15, -0.1) is 0 Å². The van der Waals surface area contributed by atoms with E-state index in [4.69, 9.17) is 0 Å². The highest BCUT2D eigenvalue weighted by Gasteiger charge is 2.18. The third-order valence-electron chi connectivity index (χ3n) is 4.02. The van der Waals surface area contributed by atoms with Gasteiger partial charge in [-0.1, -0.05) is 78.4 Å². The van der Waals surface area contributed by atoms with Crippen molar-refractivity contribution in [3.63, 3.8) is 0 Å². The van der Waals surface area contributed by atoms with E-state index in [0.717, 1.165) is 16.7 Å². The third-order valence-corrected chi connectivity index (χ3v) is 4.02. The van der Waals surface area contributed by atoms with Gasteiger partial charge in [-0.05, 0) is 30.2 Å². The Morgan fingerprint density at radius 2 is 1.31 bits per heavy atom. The van der Waals surface area contributed by atoms with Crippen molar-refractivity contribution >= 4 is 17.2 Å². The SMILES string of the molecule is Cc1ccc(NC(=O)C(C#N)=C(c2ccccc2)c2ccccc2)cc1. The lowest BCUT2D eigenvalue weighted by molar-refractivity contribution is -0.112. The van der Waals surface area contributed by atoms with Crippen molar-refractivity contribution in [1.82, 2.24) is 0 Å². The molecule has 26 heavy (non-hydrogen) atoms. The largest absolute Gasteiger partial charge is 0.321 e. The van der Waals surface area contributed by atoms with Crippen LogP contribution in [0.1, 0.15) is 16.7 Å². The molecule has 0 unspecified atom stereocenters. The van der Waals surface area contributed by atoms with E-state index in [2.05, 4.69) is 11.4 Å². The molecule has 126 valence electrons. The molecule has 0 radical (unpaired) electrons. The molecule has 0 heterocycles. The van der Waals surface area contributed by atoms with Crippen LogP contribution < -0.4 is 5.32 Å². The van der Waals surface area contributed by atoms with Crippen LogP contribution in [0.25, 0.3) is 5.57 Å². The molecule has 0 aliphatic rings. The second-order valence-corrected chi connectivity index (χ2v) is 5.91. The number of benzene rings is 3. The molecule has 0 atom stereocenters. The van der Waals surface area contributed by atoms with Gasteiger partial charge in [0.2, 0.25) is 0 Å². The van der Waals surface area contributed by atoms with Crippen molar-refractivity contribution in [2.24, 2.45) is 0 Å². The molecule has 0 spiro atoms. The van der Waals surface area contributed by atoms with E-state index < -0.39 is 5.91 Å². The zero-order chi connectivity index (χ0) is 18.4. The quantitative estimate of drug-likeness (QED) is 0.540. The number of hydrogen-bond donors (Lipinski definition) is 1. The summed E-state index contributed by atoms with van der Waals surface area (Å²) in [7, 11) is 0. The van der Waals surface area contributed by atoms with Crippen LogP contribution in [-0.4, -0.2) is 5.91 Å². The monoisotopic (exact) mass is 338 g/mol. The second-order valence-electron chi connectivity index (χ2n) is 5.91. The first-order valence-corrected chi connectivity index (χ1v) is 8.32. The molecule has 3 aromatic carbocycles. The molecule has 0 aliphatic carbocycles. The Labute approximate surface area is 153 Å². The number of anilines is 1. The summed E-state index contributed by atoms with van der Waals surface area (Å²) >= 11 is 0. The molecule has 3 nitrogen and oxygen atoms in total. The fourth-order valence-corrected chi connectivity index (χ4v) is 2.72. The summed E-state index contributed by atoms with van der Waals surface area (Å²) in [5.74, 6) is -0.418. The molecular formula is C23H18N2O. The van der Waals surface area contributed by atoms with Gasteiger partial charge in [0.15, 0.2) is 0 Å². The summed E-state index contributed by atoms with van der Waals surface area (Å²) in [5.41, 5.74) is 4.13. The zero-order valence-corrected chi connectivity index (χ0v) is 14.4. The second kappa shape index (κ2) is 7.96. The summed E-state index contributed by atoms with van der Waals surface area (Å²) in [6, 6.07) is 28.6. The predicted molar refractivity (Wildman–Crippen MR) is 104 cm³/mol. The summed E-state index contributed by atoms with van der Waals surface area (Å²) in [6.07, 6.45) is 0. The molecule has 3 rings (SSSR count). The Balaban J connectivity index is 2.08. The maximum absolute atomic E-state index is 12.8. The molecule has 0 aromatic heterocycles. The first-order valence-electron chi connectivity index (χ1n) is 8.32. The lowest BCUT2D eigenvalue weighted by Gasteiger charge is -2.12. The maximum Gasteiger partial charge on any atom is 0.266 e. The summed E-state index contributed by atoms with van der Waals surface area (Å²) < 4.78 is 0. The van der Waals surface area contributed by atoms with Gasteiger partial charge in [0, 0.05) is 11.3 Å². The van der Waals surface area contributed by atoms with Crippen LogP contribution in [0.3, 0.4) is 0 Å². The number of aryl methyl sites for hydroxylation is 1. The van der Waals surface area contributed by atoms with Gasteiger partial charge in [-0.3, -0.25) is 4.79 Å². The van der Waals surface area contributed by atoms with E-state index in [0.29, 0.717) is 11.3 Å². The predicted octanol–water partition coefficient (Wildman–Crippen LogP) is 4.96. The molecule has 1 N–H and O–H groups in total. The molecule has 0 fully saturated rings. The molecular weight excluding hydrogens is 320 g/mol. The molecule has 1 amide bonds. The van der Waals surface area contributed by atoms with E-state index in [1.165, 1.54) is 0 Å². The topological polar surface area (TPSA) is 52.9 Å². The smallest absolute Gasteiger partial charge is 0.266 e. The van der Waals surface area contributed by atoms with Gasteiger partial charge in [-0.2, -0.15) is 5.26 Å². The Morgan fingerprint density at radius 3 is 1.77 bits per heavy atom.